The molecule has 20 heavy (non-hydrogen) atoms. The van der Waals surface area contributed by atoms with E-state index in [-0.39, 0.29) is 0 Å². The Bertz CT molecular complexity index is 719. The number of para-hydroxylation sites is 1. The minimum absolute atomic E-state index is 0.664. The number of benzene rings is 2. The van der Waals surface area contributed by atoms with Crippen molar-refractivity contribution < 1.29 is 0 Å². The van der Waals surface area contributed by atoms with Crippen LogP contribution in [0, 0.1) is 13.8 Å². The number of nitrogens with zero attached hydrogens (tertiary/aromatic N) is 1. The Balaban J connectivity index is 2.08. The number of hydrogen-bond acceptors (Lipinski definition) is 1. The average Bonchev–Trinajstić information content (AvgIpc) is 2.43. The van der Waals surface area contributed by atoms with E-state index in [1.54, 1.807) is 0 Å². The molecule has 0 atom stereocenters. The molecule has 0 aromatic heterocycles. The zero-order valence-electron chi connectivity index (χ0n) is 11.6. The van der Waals surface area contributed by atoms with E-state index < -0.39 is 0 Å². The minimum Gasteiger partial charge on any atom is -0.331 e. The molecule has 0 bridgehead atoms. The normalized spacial score (nSPS) is 14.0. The molecule has 3 rings (SSSR count). The third-order valence-electron chi connectivity index (χ3n) is 3.70. The topological polar surface area (TPSA) is 15.3 Å². The van der Waals surface area contributed by atoms with Crippen molar-refractivity contribution in [1.29, 1.82) is 0 Å². The quantitative estimate of drug-likeness (QED) is 0.775. The Morgan fingerprint density at radius 1 is 1.05 bits per heavy atom. The molecule has 0 spiro atoms. The van der Waals surface area contributed by atoms with E-state index in [1.807, 2.05) is 23.1 Å². The van der Waals surface area contributed by atoms with Gasteiger partial charge in [-0.15, -0.1) is 0 Å². The SMILES string of the molecule is C=C1c2ccccc2NC(=S)N1c1ccc(C)c(C)c1. The van der Waals surface area contributed by atoms with Crippen LogP contribution in [0.3, 0.4) is 0 Å². The highest BCUT2D eigenvalue weighted by molar-refractivity contribution is 7.80. The predicted molar refractivity (Wildman–Crippen MR) is 90.1 cm³/mol. The molecular formula is C17H16N2S. The molecule has 3 heteroatoms. The zero-order chi connectivity index (χ0) is 14.3. The van der Waals surface area contributed by atoms with Crippen LogP contribution < -0.4 is 10.2 Å². The second-order valence-corrected chi connectivity index (χ2v) is 5.41. The van der Waals surface area contributed by atoms with Gasteiger partial charge in [-0.1, -0.05) is 30.8 Å². The molecule has 0 aliphatic carbocycles. The van der Waals surface area contributed by atoms with Crippen LogP contribution >= 0.6 is 12.2 Å². The molecular weight excluding hydrogens is 264 g/mol. The lowest BCUT2D eigenvalue weighted by Crippen LogP contribution is -2.37. The van der Waals surface area contributed by atoms with Gasteiger partial charge in [-0.05, 0) is 55.4 Å². The third kappa shape index (κ3) is 2.00. The summed E-state index contributed by atoms with van der Waals surface area (Å²) in [6.07, 6.45) is 0. The maximum Gasteiger partial charge on any atom is 0.182 e. The number of nitrogens with one attached hydrogen (secondary N) is 1. The van der Waals surface area contributed by atoms with Gasteiger partial charge in [-0.2, -0.15) is 0 Å². The Hall–Kier alpha value is -2.13. The summed E-state index contributed by atoms with van der Waals surface area (Å²) in [5.74, 6) is 0. The summed E-state index contributed by atoms with van der Waals surface area (Å²) in [6, 6.07) is 14.4. The van der Waals surface area contributed by atoms with Gasteiger partial charge < -0.3 is 5.32 Å². The van der Waals surface area contributed by atoms with Crippen molar-refractivity contribution in [2.24, 2.45) is 0 Å². The molecule has 0 saturated carbocycles. The smallest absolute Gasteiger partial charge is 0.182 e. The number of rotatable bonds is 1. The average molecular weight is 280 g/mol. The van der Waals surface area contributed by atoms with Crippen LogP contribution in [0.25, 0.3) is 5.70 Å². The lowest BCUT2D eigenvalue weighted by atomic mass is 10.0. The fourth-order valence-electron chi connectivity index (χ4n) is 2.40. The summed E-state index contributed by atoms with van der Waals surface area (Å²) in [5.41, 5.74) is 6.58. The van der Waals surface area contributed by atoms with E-state index >= 15 is 0 Å². The number of thiocarbonyl (C=S) groups is 1. The molecule has 100 valence electrons. The molecule has 0 unspecified atom stereocenters. The highest BCUT2D eigenvalue weighted by Gasteiger charge is 2.24. The summed E-state index contributed by atoms with van der Waals surface area (Å²) in [6.45, 7) is 8.43. The number of aryl methyl sites for hydroxylation is 2. The standard InChI is InChI=1S/C17H16N2S/c1-11-8-9-14(10-12(11)2)19-13(3)15-6-4-5-7-16(15)18-17(19)20/h4-10H,3H2,1-2H3,(H,18,20). The van der Waals surface area contributed by atoms with Crippen LogP contribution in [0.4, 0.5) is 11.4 Å². The summed E-state index contributed by atoms with van der Waals surface area (Å²) < 4.78 is 0. The van der Waals surface area contributed by atoms with Gasteiger partial charge in [0.2, 0.25) is 0 Å². The second-order valence-electron chi connectivity index (χ2n) is 5.03. The van der Waals surface area contributed by atoms with Crippen molar-refractivity contribution in [3.8, 4) is 0 Å². The van der Waals surface area contributed by atoms with Crippen molar-refractivity contribution >= 4 is 34.4 Å². The Morgan fingerprint density at radius 2 is 1.80 bits per heavy atom. The minimum atomic E-state index is 0.664. The van der Waals surface area contributed by atoms with Crippen LogP contribution in [0.2, 0.25) is 0 Å². The van der Waals surface area contributed by atoms with Crippen LogP contribution in [0.15, 0.2) is 49.0 Å². The van der Waals surface area contributed by atoms with Crippen LogP contribution in [-0.4, -0.2) is 5.11 Å². The monoisotopic (exact) mass is 280 g/mol. The molecule has 0 amide bonds. The fraction of sp³-hybridized carbons (Fsp3) is 0.118. The van der Waals surface area contributed by atoms with Gasteiger partial charge in [0.25, 0.3) is 0 Å². The number of anilines is 2. The number of fused-ring (bicyclic) bond motifs is 1. The van der Waals surface area contributed by atoms with Crippen molar-refractivity contribution in [2.45, 2.75) is 13.8 Å². The maximum atomic E-state index is 5.49. The van der Waals surface area contributed by atoms with Crippen LogP contribution in [0.1, 0.15) is 16.7 Å². The van der Waals surface area contributed by atoms with Gasteiger partial charge in [0.05, 0.1) is 5.70 Å². The predicted octanol–water partition coefficient (Wildman–Crippen LogP) is 4.49. The highest BCUT2D eigenvalue weighted by Crippen LogP contribution is 2.34. The van der Waals surface area contributed by atoms with E-state index in [1.165, 1.54) is 11.1 Å². The van der Waals surface area contributed by atoms with E-state index in [0.717, 1.165) is 22.6 Å². The van der Waals surface area contributed by atoms with Crippen molar-refractivity contribution in [3.63, 3.8) is 0 Å². The van der Waals surface area contributed by atoms with Gasteiger partial charge in [0, 0.05) is 16.9 Å². The molecule has 0 saturated heterocycles. The molecule has 2 aromatic rings. The Labute approximate surface area is 124 Å². The van der Waals surface area contributed by atoms with Crippen molar-refractivity contribution in [3.05, 3.63) is 65.7 Å². The summed E-state index contributed by atoms with van der Waals surface area (Å²) in [5, 5.41) is 3.93. The van der Waals surface area contributed by atoms with E-state index in [2.05, 4.69) is 50.0 Å². The molecule has 1 N–H and O–H groups in total. The maximum absolute atomic E-state index is 5.49. The Morgan fingerprint density at radius 3 is 2.55 bits per heavy atom. The van der Waals surface area contributed by atoms with Crippen LogP contribution in [0.5, 0.6) is 0 Å². The molecule has 1 aliphatic heterocycles. The molecule has 1 heterocycles. The molecule has 1 aliphatic rings. The van der Waals surface area contributed by atoms with Gasteiger partial charge in [0.15, 0.2) is 5.11 Å². The largest absolute Gasteiger partial charge is 0.331 e. The molecule has 2 aromatic carbocycles. The zero-order valence-corrected chi connectivity index (χ0v) is 12.4. The summed E-state index contributed by atoms with van der Waals surface area (Å²) in [4.78, 5) is 1.99. The second kappa shape index (κ2) is 4.76. The number of hydrogen-bond donors (Lipinski definition) is 1. The fourth-order valence-corrected chi connectivity index (χ4v) is 2.72. The first kappa shape index (κ1) is 12.9. The first-order valence-electron chi connectivity index (χ1n) is 6.54. The van der Waals surface area contributed by atoms with Gasteiger partial charge in [-0.25, -0.2) is 0 Å². The lowest BCUT2D eigenvalue weighted by molar-refractivity contribution is 1.28. The molecule has 2 nitrogen and oxygen atoms in total. The molecule has 0 fully saturated rings. The van der Waals surface area contributed by atoms with E-state index in [9.17, 15) is 0 Å². The van der Waals surface area contributed by atoms with Gasteiger partial charge >= 0.3 is 0 Å². The Kier molecular flexibility index (Phi) is 3.07. The third-order valence-corrected chi connectivity index (χ3v) is 3.99. The summed E-state index contributed by atoms with van der Waals surface area (Å²) >= 11 is 5.49. The first-order chi connectivity index (χ1) is 9.58. The molecule has 0 radical (unpaired) electrons. The van der Waals surface area contributed by atoms with Gasteiger partial charge in [-0.3, -0.25) is 4.90 Å². The summed E-state index contributed by atoms with van der Waals surface area (Å²) in [7, 11) is 0. The first-order valence-corrected chi connectivity index (χ1v) is 6.95. The van der Waals surface area contributed by atoms with Gasteiger partial charge in [0.1, 0.15) is 0 Å². The van der Waals surface area contributed by atoms with E-state index in [4.69, 9.17) is 12.2 Å². The highest BCUT2D eigenvalue weighted by atomic mass is 32.1. The van der Waals surface area contributed by atoms with Crippen molar-refractivity contribution in [1.82, 2.24) is 0 Å². The van der Waals surface area contributed by atoms with Crippen LogP contribution in [-0.2, 0) is 0 Å². The lowest BCUT2D eigenvalue weighted by Gasteiger charge is -2.34. The van der Waals surface area contributed by atoms with Crippen molar-refractivity contribution in [2.75, 3.05) is 10.2 Å². The van der Waals surface area contributed by atoms with E-state index in [0.29, 0.717) is 5.11 Å².